The van der Waals surface area contributed by atoms with Gasteiger partial charge in [0.25, 0.3) is 0 Å². The predicted molar refractivity (Wildman–Crippen MR) is 73.3 cm³/mol. The van der Waals surface area contributed by atoms with Crippen LogP contribution in [-0.2, 0) is 10.0 Å². The molecule has 2 N–H and O–H groups in total. The minimum Gasteiger partial charge on any atom is -0.399 e. The summed E-state index contributed by atoms with van der Waals surface area (Å²) in [6.45, 7) is 3.83. The zero-order valence-electron chi connectivity index (χ0n) is 10.1. The summed E-state index contributed by atoms with van der Waals surface area (Å²) >= 11 is 3.24. The average Bonchev–Trinajstić information content (AvgIpc) is 2.26. The van der Waals surface area contributed by atoms with Gasteiger partial charge in [0.2, 0.25) is 10.0 Å². The number of rotatable bonds is 4. The van der Waals surface area contributed by atoms with Crippen molar-refractivity contribution in [3.8, 4) is 0 Å². The van der Waals surface area contributed by atoms with Crippen molar-refractivity contribution in [3.05, 3.63) is 22.7 Å². The van der Waals surface area contributed by atoms with E-state index in [9.17, 15) is 8.42 Å². The van der Waals surface area contributed by atoms with Crippen LogP contribution < -0.4 is 5.73 Å². The van der Waals surface area contributed by atoms with E-state index in [2.05, 4.69) is 15.9 Å². The third kappa shape index (κ3) is 3.00. The molecule has 4 nitrogen and oxygen atoms in total. The van der Waals surface area contributed by atoms with Gasteiger partial charge in [-0.2, -0.15) is 4.31 Å². The Bertz CT molecular complexity index is 502. The molecule has 1 unspecified atom stereocenters. The Labute approximate surface area is 111 Å². The van der Waals surface area contributed by atoms with Crippen molar-refractivity contribution in [2.45, 2.75) is 31.2 Å². The molecule has 1 rings (SSSR count). The minimum absolute atomic E-state index is 0.0375. The highest BCUT2D eigenvalue weighted by molar-refractivity contribution is 9.10. The van der Waals surface area contributed by atoms with Crippen molar-refractivity contribution in [1.29, 1.82) is 0 Å². The van der Waals surface area contributed by atoms with Crippen LogP contribution in [0, 0.1) is 0 Å². The molecule has 0 spiro atoms. The number of halogens is 1. The van der Waals surface area contributed by atoms with Gasteiger partial charge < -0.3 is 5.73 Å². The quantitative estimate of drug-likeness (QED) is 0.867. The lowest BCUT2D eigenvalue weighted by molar-refractivity contribution is 0.380. The fourth-order valence-electron chi connectivity index (χ4n) is 1.38. The molecule has 1 atom stereocenters. The Balaban J connectivity index is 3.22. The van der Waals surface area contributed by atoms with Crippen molar-refractivity contribution in [2.24, 2.45) is 0 Å². The van der Waals surface area contributed by atoms with Crippen LogP contribution in [0.1, 0.15) is 20.3 Å². The molecule has 0 aliphatic rings. The van der Waals surface area contributed by atoms with E-state index in [0.29, 0.717) is 10.2 Å². The molecule has 0 bridgehead atoms. The molecule has 17 heavy (non-hydrogen) atoms. The third-order valence-electron chi connectivity index (χ3n) is 2.82. The highest BCUT2D eigenvalue weighted by Crippen LogP contribution is 2.27. The van der Waals surface area contributed by atoms with Crippen LogP contribution in [0.15, 0.2) is 27.6 Å². The first-order chi connectivity index (χ1) is 7.80. The lowest BCUT2D eigenvalue weighted by atomic mass is 10.3. The van der Waals surface area contributed by atoms with E-state index in [4.69, 9.17) is 5.73 Å². The van der Waals surface area contributed by atoms with E-state index in [1.165, 1.54) is 10.4 Å². The fourth-order valence-corrected chi connectivity index (χ4v) is 3.86. The van der Waals surface area contributed by atoms with Gasteiger partial charge in [-0.15, -0.1) is 0 Å². The van der Waals surface area contributed by atoms with Gasteiger partial charge in [-0.05, 0) is 47.5 Å². The molecule has 0 aliphatic carbocycles. The monoisotopic (exact) mass is 320 g/mol. The third-order valence-corrected chi connectivity index (χ3v) is 5.77. The highest BCUT2D eigenvalue weighted by Gasteiger charge is 2.26. The van der Waals surface area contributed by atoms with Gasteiger partial charge in [0.05, 0.1) is 4.90 Å². The van der Waals surface area contributed by atoms with Crippen LogP contribution in [0.2, 0.25) is 0 Å². The van der Waals surface area contributed by atoms with E-state index in [1.807, 2.05) is 13.8 Å². The Morgan fingerprint density at radius 1 is 1.47 bits per heavy atom. The molecule has 0 saturated heterocycles. The number of anilines is 1. The Kier molecular flexibility index (Phi) is 4.57. The lowest BCUT2D eigenvalue weighted by Crippen LogP contribution is -2.34. The van der Waals surface area contributed by atoms with Gasteiger partial charge in [-0.1, -0.05) is 6.92 Å². The first kappa shape index (κ1) is 14.5. The SMILES string of the molecule is CCC(C)N(C)S(=O)(=O)c1ccc(N)cc1Br. The van der Waals surface area contributed by atoms with Gasteiger partial charge in [0.1, 0.15) is 0 Å². The minimum atomic E-state index is -3.47. The smallest absolute Gasteiger partial charge is 0.244 e. The van der Waals surface area contributed by atoms with E-state index in [0.717, 1.165) is 6.42 Å². The maximum absolute atomic E-state index is 12.3. The summed E-state index contributed by atoms with van der Waals surface area (Å²) in [7, 11) is -1.88. The normalized spacial score (nSPS) is 13.9. The summed E-state index contributed by atoms with van der Waals surface area (Å²) in [6, 6.07) is 4.66. The topological polar surface area (TPSA) is 63.4 Å². The summed E-state index contributed by atoms with van der Waals surface area (Å²) in [4.78, 5) is 0.245. The second kappa shape index (κ2) is 5.37. The maximum Gasteiger partial charge on any atom is 0.244 e. The van der Waals surface area contributed by atoms with Crippen molar-refractivity contribution in [1.82, 2.24) is 4.31 Å². The molecular weight excluding hydrogens is 304 g/mol. The first-order valence-electron chi connectivity index (χ1n) is 5.33. The lowest BCUT2D eigenvalue weighted by Gasteiger charge is -2.23. The van der Waals surface area contributed by atoms with E-state index < -0.39 is 10.0 Å². The van der Waals surface area contributed by atoms with E-state index in [1.54, 1.807) is 19.2 Å². The molecule has 0 amide bonds. The summed E-state index contributed by atoms with van der Waals surface area (Å²) in [5.74, 6) is 0. The number of nitrogens with two attached hydrogens (primary N) is 1. The van der Waals surface area contributed by atoms with Crippen LogP contribution in [-0.4, -0.2) is 25.8 Å². The first-order valence-corrected chi connectivity index (χ1v) is 7.57. The van der Waals surface area contributed by atoms with Crippen LogP contribution in [0.4, 0.5) is 5.69 Å². The Hall–Kier alpha value is -0.590. The molecule has 0 saturated carbocycles. The molecule has 1 aromatic rings. The van der Waals surface area contributed by atoms with E-state index >= 15 is 0 Å². The van der Waals surface area contributed by atoms with Crippen molar-refractivity contribution >= 4 is 31.6 Å². The summed E-state index contributed by atoms with van der Waals surface area (Å²) in [5, 5.41) is 0. The molecule has 6 heteroatoms. The zero-order valence-corrected chi connectivity index (χ0v) is 12.5. The van der Waals surface area contributed by atoms with Crippen molar-refractivity contribution < 1.29 is 8.42 Å². The van der Waals surface area contributed by atoms with Crippen molar-refractivity contribution in [3.63, 3.8) is 0 Å². The molecule has 0 fully saturated rings. The number of hydrogen-bond acceptors (Lipinski definition) is 3. The number of hydrogen-bond donors (Lipinski definition) is 1. The predicted octanol–water partition coefficient (Wildman–Crippen LogP) is 2.45. The van der Waals surface area contributed by atoms with E-state index in [-0.39, 0.29) is 10.9 Å². The van der Waals surface area contributed by atoms with Gasteiger partial charge >= 0.3 is 0 Å². The summed E-state index contributed by atoms with van der Waals surface area (Å²) in [6.07, 6.45) is 0.766. The van der Waals surface area contributed by atoms with Crippen LogP contribution in [0.25, 0.3) is 0 Å². The summed E-state index contributed by atoms with van der Waals surface area (Å²) < 4.78 is 26.5. The van der Waals surface area contributed by atoms with Gasteiger partial charge in [-0.25, -0.2) is 8.42 Å². The standard InChI is InChI=1S/C11H17BrN2O2S/c1-4-8(2)14(3)17(15,16)11-6-5-9(13)7-10(11)12/h5-8H,4,13H2,1-3H3. The molecule has 0 radical (unpaired) electrons. The Morgan fingerprint density at radius 3 is 2.53 bits per heavy atom. The summed E-state index contributed by atoms with van der Waals surface area (Å²) in [5.41, 5.74) is 6.12. The van der Waals surface area contributed by atoms with Gasteiger partial charge in [0.15, 0.2) is 0 Å². The van der Waals surface area contributed by atoms with Crippen LogP contribution in [0.5, 0.6) is 0 Å². The second-order valence-electron chi connectivity index (χ2n) is 3.97. The van der Waals surface area contributed by atoms with Gasteiger partial charge in [0, 0.05) is 23.2 Å². The molecule has 96 valence electrons. The number of benzene rings is 1. The molecule has 1 aromatic carbocycles. The number of sulfonamides is 1. The molecule has 0 aliphatic heterocycles. The number of nitrogen functional groups attached to an aromatic ring is 1. The second-order valence-corrected chi connectivity index (χ2v) is 6.79. The zero-order chi connectivity index (χ0) is 13.2. The molecule has 0 aromatic heterocycles. The average molecular weight is 321 g/mol. The number of nitrogens with zero attached hydrogens (tertiary/aromatic N) is 1. The van der Waals surface area contributed by atoms with Crippen molar-refractivity contribution in [2.75, 3.05) is 12.8 Å². The van der Waals surface area contributed by atoms with Gasteiger partial charge in [-0.3, -0.25) is 0 Å². The van der Waals surface area contributed by atoms with Crippen LogP contribution in [0.3, 0.4) is 0 Å². The maximum atomic E-state index is 12.3. The highest BCUT2D eigenvalue weighted by atomic mass is 79.9. The Morgan fingerprint density at radius 2 is 2.06 bits per heavy atom. The van der Waals surface area contributed by atoms with Crippen LogP contribution >= 0.6 is 15.9 Å². The largest absolute Gasteiger partial charge is 0.399 e. The fraction of sp³-hybridized carbons (Fsp3) is 0.455. The molecule has 0 heterocycles. The molecular formula is C11H17BrN2O2S.